The van der Waals surface area contributed by atoms with E-state index in [2.05, 4.69) is 31.2 Å². The van der Waals surface area contributed by atoms with Crippen LogP contribution in [-0.2, 0) is 6.54 Å². The second-order valence-electron chi connectivity index (χ2n) is 6.91. The van der Waals surface area contributed by atoms with Gasteiger partial charge in [0.05, 0.1) is 13.7 Å². The topological polar surface area (TPSA) is 29.5 Å². The number of aryl methyl sites for hydroxylation is 2. The van der Waals surface area contributed by atoms with Crippen LogP contribution in [0.3, 0.4) is 0 Å². The van der Waals surface area contributed by atoms with Crippen molar-refractivity contribution in [1.29, 1.82) is 0 Å². The normalized spacial score (nSPS) is 11.1. The van der Waals surface area contributed by atoms with Crippen LogP contribution in [0, 0.1) is 13.8 Å². The lowest BCUT2D eigenvalue weighted by molar-refractivity contribution is 0.0942. The fraction of sp³-hybridized carbons (Fsp3) is 0.261. The van der Waals surface area contributed by atoms with Crippen LogP contribution < -0.4 is 4.74 Å². The number of ketones is 1. The molecule has 0 unspecified atom stereocenters. The lowest BCUT2D eigenvalue weighted by Gasteiger charge is -2.17. The first kappa shape index (κ1) is 18.2. The maximum absolute atomic E-state index is 12.9. The zero-order chi connectivity index (χ0) is 18.7. The lowest BCUT2D eigenvalue weighted by atomic mass is 9.96. The summed E-state index contributed by atoms with van der Waals surface area (Å²) < 4.78 is 5.27. The van der Waals surface area contributed by atoms with Gasteiger partial charge in [-0.25, -0.2) is 0 Å². The summed E-state index contributed by atoms with van der Waals surface area (Å²) in [6, 6.07) is 18.3. The van der Waals surface area contributed by atoms with E-state index in [1.165, 1.54) is 10.9 Å². The van der Waals surface area contributed by atoms with E-state index in [0.29, 0.717) is 13.1 Å². The highest BCUT2D eigenvalue weighted by Gasteiger charge is 2.14. The maximum Gasteiger partial charge on any atom is 0.177 e. The molecule has 3 aromatic rings. The number of Topliss-reactive ketones (excluding diaryl/α,β-unsaturated/α-hetero) is 1. The number of ether oxygens (including phenoxy) is 1. The lowest BCUT2D eigenvalue weighted by Crippen LogP contribution is -2.26. The van der Waals surface area contributed by atoms with Gasteiger partial charge in [0, 0.05) is 12.1 Å². The Morgan fingerprint density at radius 1 is 1.00 bits per heavy atom. The van der Waals surface area contributed by atoms with Gasteiger partial charge in [-0.05, 0) is 66.6 Å². The summed E-state index contributed by atoms with van der Waals surface area (Å²) in [6.07, 6.45) is 0. The SMILES string of the molecule is COc1cccc(CN(C)CC(=O)c2cc3c(C)cccc3cc2C)c1. The predicted molar refractivity (Wildman–Crippen MR) is 107 cm³/mol. The molecule has 26 heavy (non-hydrogen) atoms. The van der Waals surface area contributed by atoms with Gasteiger partial charge in [0.2, 0.25) is 0 Å². The Morgan fingerprint density at radius 2 is 1.77 bits per heavy atom. The van der Waals surface area contributed by atoms with Crippen molar-refractivity contribution in [2.45, 2.75) is 20.4 Å². The Hall–Kier alpha value is -2.65. The smallest absolute Gasteiger partial charge is 0.177 e. The summed E-state index contributed by atoms with van der Waals surface area (Å²) in [4.78, 5) is 14.9. The minimum atomic E-state index is 0.151. The maximum atomic E-state index is 12.9. The monoisotopic (exact) mass is 347 g/mol. The molecule has 0 aromatic heterocycles. The van der Waals surface area contributed by atoms with Crippen molar-refractivity contribution >= 4 is 16.6 Å². The fourth-order valence-corrected chi connectivity index (χ4v) is 3.36. The van der Waals surface area contributed by atoms with Crippen LogP contribution in [0.2, 0.25) is 0 Å². The van der Waals surface area contributed by atoms with Crippen molar-refractivity contribution in [2.24, 2.45) is 0 Å². The summed E-state index contributed by atoms with van der Waals surface area (Å²) >= 11 is 0. The standard InChI is InChI=1S/C23H25NO2/c1-16-7-5-9-19-11-17(2)22(13-21(16)19)23(25)15-24(3)14-18-8-6-10-20(12-18)26-4/h5-13H,14-15H2,1-4H3. The number of hydrogen-bond acceptors (Lipinski definition) is 3. The second kappa shape index (κ2) is 7.71. The molecule has 0 aliphatic heterocycles. The van der Waals surface area contributed by atoms with Gasteiger partial charge in [0.15, 0.2) is 5.78 Å². The fourth-order valence-electron chi connectivity index (χ4n) is 3.36. The molecule has 0 saturated carbocycles. The van der Waals surface area contributed by atoms with Crippen molar-refractivity contribution in [3.8, 4) is 5.75 Å². The third-order valence-electron chi connectivity index (χ3n) is 4.74. The van der Waals surface area contributed by atoms with Crippen LogP contribution >= 0.6 is 0 Å². The average Bonchev–Trinajstić information content (AvgIpc) is 2.61. The van der Waals surface area contributed by atoms with Crippen LogP contribution in [-0.4, -0.2) is 31.4 Å². The van der Waals surface area contributed by atoms with Crippen molar-refractivity contribution < 1.29 is 9.53 Å². The Bertz CT molecular complexity index is 946. The molecule has 0 aliphatic carbocycles. The third kappa shape index (κ3) is 3.94. The molecule has 0 aliphatic rings. The van der Waals surface area contributed by atoms with E-state index in [1.807, 2.05) is 49.2 Å². The van der Waals surface area contributed by atoms with E-state index >= 15 is 0 Å². The predicted octanol–water partition coefficient (Wildman–Crippen LogP) is 4.78. The van der Waals surface area contributed by atoms with E-state index in [-0.39, 0.29) is 5.78 Å². The average molecular weight is 347 g/mol. The molecule has 0 atom stereocenters. The molecule has 0 radical (unpaired) electrons. The summed E-state index contributed by atoms with van der Waals surface area (Å²) in [5.74, 6) is 0.987. The first-order valence-electron chi connectivity index (χ1n) is 8.82. The molecule has 3 heteroatoms. The van der Waals surface area contributed by atoms with Crippen LogP contribution in [0.1, 0.15) is 27.0 Å². The molecule has 0 fully saturated rings. The quantitative estimate of drug-likeness (QED) is 0.601. The van der Waals surface area contributed by atoms with Gasteiger partial charge in [-0.15, -0.1) is 0 Å². The van der Waals surface area contributed by atoms with Crippen molar-refractivity contribution in [3.63, 3.8) is 0 Å². The summed E-state index contributed by atoms with van der Waals surface area (Å²) in [5.41, 5.74) is 4.17. The summed E-state index contributed by atoms with van der Waals surface area (Å²) in [6.45, 7) is 5.18. The van der Waals surface area contributed by atoms with Gasteiger partial charge >= 0.3 is 0 Å². The molecular weight excluding hydrogens is 322 g/mol. The van der Waals surface area contributed by atoms with Gasteiger partial charge in [-0.3, -0.25) is 9.69 Å². The first-order valence-corrected chi connectivity index (χ1v) is 8.82. The minimum absolute atomic E-state index is 0.151. The van der Waals surface area contributed by atoms with Gasteiger partial charge in [0.1, 0.15) is 5.75 Å². The number of hydrogen-bond donors (Lipinski definition) is 0. The summed E-state index contributed by atoms with van der Waals surface area (Å²) in [5, 5.41) is 2.33. The number of carbonyl (C=O) groups excluding carboxylic acids is 1. The van der Waals surface area contributed by atoms with Gasteiger partial charge in [0.25, 0.3) is 0 Å². The van der Waals surface area contributed by atoms with Crippen molar-refractivity contribution in [2.75, 3.05) is 20.7 Å². The highest BCUT2D eigenvalue weighted by molar-refractivity contribution is 6.03. The molecular formula is C23H25NO2. The molecule has 0 amide bonds. The largest absolute Gasteiger partial charge is 0.497 e. The van der Waals surface area contributed by atoms with Crippen LogP contribution in [0.15, 0.2) is 54.6 Å². The first-order chi connectivity index (χ1) is 12.5. The van der Waals surface area contributed by atoms with Crippen molar-refractivity contribution in [1.82, 2.24) is 4.90 Å². The second-order valence-corrected chi connectivity index (χ2v) is 6.91. The number of benzene rings is 3. The molecule has 0 spiro atoms. The number of nitrogens with zero attached hydrogens (tertiary/aromatic N) is 1. The zero-order valence-corrected chi connectivity index (χ0v) is 15.9. The van der Waals surface area contributed by atoms with E-state index in [9.17, 15) is 4.79 Å². The molecule has 3 aromatic carbocycles. The molecule has 0 N–H and O–H groups in total. The van der Waals surface area contributed by atoms with E-state index < -0.39 is 0 Å². The zero-order valence-electron chi connectivity index (χ0n) is 15.9. The minimum Gasteiger partial charge on any atom is -0.497 e. The number of likely N-dealkylation sites (N-methyl/N-ethyl adjacent to an activating group) is 1. The Kier molecular flexibility index (Phi) is 5.38. The van der Waals surface area contributed by atoms with Gasteiger partial charge < -0.3 is 4.74 Å². The molecule has 0 heterocycles. The number of methoxy groups -OCH3 is 1. The van der Waals surface area contributed by atoms with Crippen LogP contribution in [0.25, 0.3) is 10.8 Å². The Labute approximate surface area is 155 Å². The highest BCUT2D eigenvalue weighted by atomic mass is 16.5. The van der Waals surface area contributed by atoms with Crippen LogP contribution in [0.4, 0.5) is 0 Å². The van der Waals surface area contributed by atoms with Gasteiger partial charge in [-0.2, -0.15) is 0 Å². The number of fused-ring (bicyclic) bond motifs is 1. The highest BCUT2D eigenvalue weighted by Crippen LogP contribution is 2.23. The Balaban J connectivity index is 1.77. The van der Waals surface area contributed by atoms with E-state index in [4.69, 9.17) is 4.74 Å². The third-order valence-corrected chi connectivity index (χ3v) is 4.74. The Morgan fingerprint density at radius 3 is 2.54 bits per heavy atom. The van der Waals surface area contributed by atoms with Crippen molar-refractivity contribution in [3.05, 3.63) is 76.9 Å². The number of carbonyl (C=O) groups is 1. The van der Waals surface area contributed by atoms with E-state index in [0.717, 1.165) is 27.8 Å². The van der Waals surface area contributed by atoms with Crippen LogP contribution in [0.5, 0.6) is 5.75 Å². The molecule has 0 bridgehead atoms. The molecule has 3 rings (SSSR count). The molecule has 0 saturated heterocycles. The number of rotatable bonds is 6. The van der Waals surface area contributed by atoms with E-state index in [1.54, 1.807) is 7.11 Å². The summed E-state index contributed by atoms with van der Waals surface area (Å²) in [7, 11) is 3.63. The molecule has 134 valence electrons. The molecule has 3 nitrogen and oxygen atoms in total. The van der Waals surface area contributed by atoms with Gasteiger partial charge in [-0.1, -0.05) is 36.4 Å².